The molecular formula is C22H26N2O3. The van der Waals surface area contributed by atoms with Crippen LogP contribution in [0.25, 0.3) is 0 Å². The van der Waals surface area contributed by atoms with Gasteiger partial charge in [-0.15, -0.1) is 0 Å². The predicted octanol–water partition coefficient (Wildman–Crippen LogP) is 2.97. The highest BCUT2D eigenvalue weighted by Gasteiger charge is 2.55. The fourth-order valence-corrected chi connectivity index (χ4v) is 6.06. The molecule has 4 fully saturated rings. The van der Waals surface area contributed by atoms with Gasteiger partial charge in [0, 0.05) is 11.8 Å². The van der Waals surface area contributed by atoms with E-state index in [1.807, 2.05) is 12.1 Å². The van der Waals surface area contributed by atoms with Crippen molar-refractivity contribution in [1.29, 1.82) is 5.26 Å². The normalized spacial score (nSPS) is 31.8. The summed E-state index contributed by atoms with van der Waals surface area (Å²) in [5.74, 6) is 1.54. The molecule has 27 heavy (non-hydrogen) atoms. The smallest absolute Gasteiger partial charge is 0.328 e. The number of nitrogens with one attached hydrogen (secondary N) is 1. The number of esters is 1. The van der Waals surface area contributed by atoms with Gasteiger partial charge in [-0.3, -0.25) is 4.79 Å². The first-order chi connectivity index (χ1) is 13.0. The Balaban J connectivity index is 1.53. The second-order valence-corrected chi connectivity index (χ2v) is 8.72. The van der Waals surface area contributed by atoms with E-state index in [-0.39, 0.29) is 17.7 Å². The van der Waals surface area contributed by atoms with Crippen LogP contribution in [0.15, 0.2) is 24.3 Å². The van der Waals surface area contributed by atoms with Gasteiger partial charge in [0.1, 0.15) is 6.04 Å². The second kappa shape index (κ2) is 6.99. The van der Waals surface area contributed by atoms with Gasteiger partial charge < -0.3 is 10.1 Å². The van der Waals surface area contributed by atoms with Crippen molar-refractivity contribution in [2.24, 2.45) is 23.2 Å². The van der Waals surface area contributed by atoms with E-state index in [1.54, 1.807) is 12.1 Å². The third-order valence-electron chi connectivity index (χ3n) is 6.87. The average Bonchev–Trinajstić information content (AvgIpc) is 2.66. The highest BCUT2D eigenvalue weighted by atomic mass is 16.5. The van der Waals surface area contributed by atoms with Gasteiger partial charge in [0.05, 0.1) is 18.7 Å². The summed E-state index contributed by atoms with van der Waals surface area (Å²) in [6.45, 7) is 0. The van der Waals surface area contributed by atoms with Crippen LogP contribution in [-0.2, 0) is 20.7 Å². The maximum atomic E-state index is 13.3. The zero-order valence-corrected chi connectivity index (χ0v) is 15.7. The van der Waals surface area contributed by atoms with Crippen molar-refractivity contribution in [3.63, 3.8) is 0 Å². The average molecular weight is 366 g/mol. The molecule has 0 aromatic heterocycles. The molecule has 4 saturated carbocycles. The van der Waals surface area contributed by atoms with Crippen LogP contribution in [0.4, 0.5) is 0 Å². The Morgan fingerprint density at radius 2 is 1.78 bits per heavy atom. The van der Waals surface area contributed by atoms with Gasteiger partial charge in [-0.2, -0.15) is 5.26 Å². The van der Waals surface area contributed by atoms with Crippen LogP contribution in [0.1, 0.15) is 49.7 Å². The summed E-state index contributed by atoms with van der Waals surface area (Å²) in [7, 11) is 1.34. The summed E-state index contributed by atoms with van der Waals surface area (Å²) in [5.41, 5.74) is 0.965. The van der Waals surface area contributed by atoms with E-state index in [4.69, 9.17) is 4.74 Å². The van der Waals surface area contributed by atoms with Crippen molar-refractivity contribution in [2.75, 3.05) is 7.11 Å². The lowest BCUT2D eigenvalue weighted by atomic mass is 9.49. The van der Waals surface area contributed by atoms with Crippen LogP contribution in [0.2, 0.25) is 0 Å². The topological polar surface area (TPSA) is 79.2 Å². The number of nitrogens with zero attached hydrogens (tertiary/aromatic N) is 1. The minimum absolute atomic E-state index is 0.00596. The van der Waals surface area contributed by atoms with Crippen molar-refractivity contribution in [2.45, 2.75) is 51.0 Å². The van der Waals surface area contributed by atoms with Gasteiger partial charge in [-0.1, -0.05) is 18.2 Å². The number of nitriles is 1. The molecule has 1 amide bonds. The summed E-state index contributed by atoms with van der Waals surface area (Å²) >= 11 is 0. The van der Waals surface area contributed by atoms with Gasteiger partial charge in [0.25, 0.3) is 0 Å². The predicted molar refractivity (Wildman–Crippen MR) is 99.4 cm³/mol. The molecule has 4 aliphatic rings. The number of benzene rings is 1. The molecular weight excluding hydrogens is 340 g/mol. The molecule has 142 valence electrons. The molecule has 0 spiro atoms. The van der Waals surface area contributed by atoms with E-state index in [2.05, 4.69) is 11.4 Å². The largest absolute Gasteiger partial charge is 0.467 e. The number of rotatable bonds is 5. The van der Waals surface area contributed by atoms with Crippen molar-refractivity contribution < 1.29 is 14.3 Å². The first-order valence-electron chi connectivity index (χ1n) is 9.90. The van der Waals surface area contributed by atoms with Crippen LogP contribution in [0.5, 0.6) is 0 Å². The molecule has 5 rings (SSSR count). The van der Waals surface area contributed by atoms with Crippen molar-refractivity contribution >= 4 is 11.9 Å². The van der Waals surface area contributed by atoms with Gasteiger partial charge in [-0.25, -0.2) is 4.79 Å². The Labute approximate surface area is 160 Å². The van der Waals surface area contributed by atoms with Crippen LogP contribution in [-0.4, -0.2) is 25.0 Å². The maximum Gasteiger partial charge on any atom is 0.328 e. The van der Waals surface area contributed by atoms with Crippen LogP contribution in [0.3, 0.4) is 0 Å². The minimum Gasteiger partial charge on any atom is -0.467 e. The Hall–Kier alpha value is -2.35. The zero-order chi connectivity index (χ0) is 19.0. The molecule has 0 unspecified atom stereocenters. The molecule has 0 radical (unpaired) electrons. The number of ether oxygens (including phenoxy) is 1. The van der Waals surface area contributed by atoms with E-state index >= 15 is 0 Å². The molecule has 4 bridgehead atoms. The third-order valence-corrected chi connectivity index (χ3v) is 6.87. The summed E-state index contributed by atoms with van der Waals surface area (Å²) in [6, 6.07) is 8.58. The lowest BCUT2D eigenvalue weighted by Gasteiger charge is -2.55. The van der Waals surface area contributed by atoms with E-state index < -0.39 is 12.0 Å². The Kier molecular flexibility index (Phi) is 4.67. The number of carbonyl (C=O) groups is 2. The van der Waals surface area contributed by atoms with Gasteiger partial charge in [0.15, 0.2) is 0 Å². The molecule has 1 N–H and O–H groups in total. The van der Waals surface area contributed by atoms with Crippen molar-refractivity contribution in [1.82, 2.24) is 5.32 Å². The quantitative estimate of drug-likeness (QED) is 0.813. The van der Waals surface area contributed by atoms with E-state index in [0.717, 1.165) is 24.8 Å². The molecule has 1 atom stereocenters. The SMILES string of the molecule is COC(=O)[C@H](Cc1ccccc1C#N)NC(=O)C12CC3CC(CC(C3)C1)C2. The fraction of sp³-hybridized carbons (Fsp3) is 0.591. The third kappa shape index (κ3) is 3.34. The summed E-state index contributed by atoms with van der Waals surface area (Å²) in [5, 5.41) is 12.3. The standard InChI is InChI=1S/C22H26N2O3/c1-27-20(25)19(9-17-4-2-3-5-18(17)13-23)24-21(26)22-10-14-6-15(11-22)8-16(7-14)12-22/h2-5,14-16,19H,6-12H2,1H3,(H,24,26)/t14?,15?,16?,19-,22?/m0/s1. The lowest BCUT2D eigenvalue weighted by Crippen LogP contribution is -2.56. The zero-order valence-electron chi connectivity index (χ0n) is 15.7. The second-order valence-electron chi connectivity index (χ2n) is 8.72. The van der Waals surface area contributed by atoms with E-state index in [9.17, 15) is 14.9 Å². The molecule has 1 aromatic rings. The molecule has 0 saturated heterocycles. The molecule has 5 heteroatoms. The van der Waals surface area contributed by atoms with Crippen molar-refractivity contribution in [3.8, 4) is 6.07 Å². The van der Waals surface area contributed by atoms with E-state index in [1.165, 1.54) is 26.4 Å². The summed E-state index contributed by atoms with van der Waals surface area (Å²) in [4.78, 5) is 25.6. The van der Waals surface area contributed by atoms with Crippen LogP contribution < -0.4 is 5.32 Å². The summed E-state index contributed by atoms with van der Waals surface area (Å²) < 4.78 is 4.94. The Bertz CT molecular complexity index is 760. The number of hydrogen-bond donors (Lipinski definition) is 1. The molecule has 4 aliphatic carbocycles. The molecule has 0 heterocycles. The van der Waals surface area contributed by atoms with E-state index in [0.29, 0.717) is 23.3 Å². The van der Waals surface area contributed by atoms with Crippen LogP contribution >= 0.6 is 0 Å². The van der Waals surface area contributed by atoms with Gasteiger partial charge in [0.2, 0.25) is 5.91 Å². The first-order valence-corrected chi connectivity index (χ1v) is 9.90. The highest BCUT2D eigenvalue weighted by Crippen LogP contribution is 2.60. The highest BCUT2D eigenvalue weighted by molar-refractivity contribution is 5.88. The lowest BCUT2D eigenvalue weighted by molar-refractivity contribution is -0.152. The molecule has 5 nitrogen and oxygen atoms in total. The first kappa shape index (κ1) is 18.0. The maximum absolute atomic E-state index is 13.3. The Morgan fingerprint density at radius 3 is 2.33 bits per heavy atom. The number of methoxy groups -OCH3 is 1. The number of amides is 1. The van der Waals surface area contributed by atoms with Crippen molar-refractivity contribution in [3.05, 3.63) is 35.4 Å². The number of carbonyl (C=O) groups excluding carboxylic acids is 2. The number of hydrogen-bond acceptors (Lipinski definition) is 4. The Morgan fingerprint density at radius 1 is 1.19 bits per heavy atom. The fourth-order valence-electron chi connectivity index (χ4n) is 6.06. The van der Waals surface area contributed by atoms with Gasteiger partial charge >= 0.3 is 5.97 Å². The summed E-state index contributed by atoms with van der Waals surface area (Å²) in [6.07, 6.45) is 6.93. The molecule has 1 aromatic carbocycles. The van der Waals surface area contributed by atoms with Crippen LogP contribution in [0, 0.1) is 34.5 Å². The minimum atomic E-state index is -0.759. The monoisotopic (exact) mass is 366 g/mol. The molecule has 0 aliphatic heterocycles. The van der Waals surface area contributed by atoms with Gasteiger partial charge in [-0.05, 0) is 67.9 Å².